The van der Waals surface area contributed by atoms with Gasteiger partial charge in [-0.2, -0.15) is 0 Å². The number of piperazine rings is 2. The van der Waals surface area contributed by atoms with Gasteiger partial charge < -0.3 is 56.0 Å². The van der Waals surface area contributed by atoms with Crippen molar-refractivity contribution < 1.29 is 24.6 Å². The molecule has 90 heavy (non-hydrogen) atoms. The largest absolute Gasteiger partial charge is 0.397 e. The predicted molar refractivity (Wildman–Crippen MR) is 384 cm³/mol. The maximum Gasteiger partial charge on any atom is 0.211 e. The lowest BCUT2D eigenvalue weighted by Gasteiger charge is -2.38. The van der Waals surface area contributed by atoms with E-state index in [1.807, 2.05) is 36.4 Å². The summed E-state index contributed by atoms with van der Waals surface area (Å²) in [6.45, 7) is 16.7. The zero-order valence-corrected chi connectivity index (χ0v) is 60.0. The molecule has 6 aliphatic rings. The normalized spacial score (nSPS) is 15.1. The standard InChI is InChI=1S/C15H18ClN5.C11H10Cl2N2O.C10H7Cl2N3.C8H3Cl3N2.C5H12N2.C2H7NO.2C2H6O.CHCl3.Cl2OS/c1-19-6-8-20(9-7-19)15-14-17-4-5-21(14)13-10-11(16)2-3-12(13)18-15;12-7-3-4-8-10(6-7)14-9(2-1-5-16)11(13)15-8;11-6-1-2-7-8(5-6)15-4-3-13-10(15)9(12)14-7;9-4-1-2-5-6(3-4)13-8(11)7(10)12-5;1-7-4-2-6-3-5-7;3-1-2-4;2*1-2-3;2-1(3)4;1-4(2)3/h2-3,10H,4-9H2,1H3;3-4,6,16H,1-2,5H2;1-2,5H,3-4H2;1-3H;6H,2-5H2,1H3;4H,1-3H2;2*3H,2H2,1H3;1H;. The van der Waals surface area contributed by atoms with Gasteiger partial charge in [0.25, 0.3) is 0 Å². The van der Waals surface area contributed by atoms with Crippen LogP contribution in [0.2, 0.25) is 35.5 Å². The molecule has 2 saturated heterocycles. The van der Waals surface area contributed by atoms with Crippen molar-refractivity contribution in [3.63, 3.8) is 0 Å². The van der Waals surface area contributed by atoms with Gasteiger partial charge in [0.2, 0.25) is 9.23 Å². The van der Waals surface area contributed by atoms with E-state index in [-0.39, 0.29) is 36.7 Å². The van der Waals surface area contributed by atoms with E-state index in [1.54, 1.807) is 50.2 Å². The first kappa shape index (κ1) is 81.5. The van der Waals surface area contributed by atoms with E-state index in [0.29, 0.717) is 61.5 Å². The van der Waals surface area contributed by atoms with Crippen LogP contribution in [0.5, 0.6) is 0 Å². The number of aromatic nitrogens is 4. The molecule has 34 heteroatoms. The van der Waals surface area contributed by atoms with Gasteiger partial charge >= 0.3 is 0 Å². The van der Waals surface area contributed by atoms with Crippen molar-refractivity contribution in [2.24, 2.45) is 25.7 Å². The first-order valence-corrected chi connectivity index (χ1v) is 34.7. The predicted octanol–water partition coefficient (Wildman–Crippen LogP) is 12.6. The summed E-state index contributed by atoms with van der Waals surface area (Å²) in [7, 11) is 11.7. The molecule has 4 aromatic carbocycles. The van der Waals surface area contributed by atoms with E-state index < -0.39 is 13.5 Å². The van der Waals surface area contributed by atoms with Crippen molar-refractivity contribution in [1.82, 2.24) is 40.0 Å². The van der Waals surface area contributed by atoms with E-state index >= 15 is 0 Å². The molecule has 0 radical (unpaired) electrons. The number of likely N-dealkylation sites (N-methyl/N-ethyl adjacent to an activating group) is 2. The summed E-state index contributed by atoms with van der Waals surface area (Å²) in [6.07, 6.45) is 1.24. The van der Waals surface area contributed by atoms with Gasteiger partial charge in [-0.1, -0.05) is 128 Å². The number of alkyl halides is 3. The van der Waals surface area contributed by atoms with Crippen LogP contribution >= 0.6 is 149 Å². The number of fused-ring (bicyclic) bond motifs is 8. The smallest absolute Gasteiger partial charge is 0.211 e. The van der Waals surface area contributed by atoms with E-state index in [1.165, 1.54) is 13.1 Å². The molecule has 0 spiro atoms. The second kappa shape index (κ2) is 44.8. The monoisotopic (exact) mass is 1520 g/mol. The Kier molecular flexibility index (Phi) is 40.6. The summed E-state index contributed by atoms with van der Waals surface area (Å²) in [4.78, 5) is 46.1. The van der Waals surface area contributed by atoms with Crippen LogP contribution in [0, 0.1) is 0 Å². The third-order valence-electron chi connectivity index (χ3n) is 12.0. The van der Waals surface area contributed by atoms with Gasteiger partial charge in [0.15, 0.2) is 42.4 Å². The minimum Gasteiger partial charge on any atom is -0.397 e. The maximum absolute atomic E-state index is 9.09. The van der Waals surface area contributed by atoms with Crippen LogP contribution in [0.3, 0.4) is 0 Å². The average molecular weight is 1530 g/mol. The summed E-state index contributed by atoms with van der Waals surface area (Å²) in [5.74, 6) is 2.79. The van der Waals surface area contributed by atoms with Gasteiger partial charge in [-0.05, 0) is 114 Å². The quantitative estimate of drug-likeness (QED) is 0.0709. The molecule has 20 nitrogen and oxygen atoms in total. The van der Waals surface area contributed by atoms with E-state index in [0.717, 1.165) is 122 Å². The van der Waals surface area contributed by atoms with Gasteiger partial charge in [0, 0.05) is 133 Å². The van der Waals surface area contributed by atoms with Crippen LogP contribution in [-0.4, -0.2) is 212 Å². The molecule has 0 atom stereocenters. The molecule has 6 aromatic rings. The molecule has 2 fully saturated rings. The molecule has 0 saturated carbocycles. The van der Waals surface area contributed by atoms with Crippen molar-refractivity contribution in [1.29, 1.82) is 0 Å². The number of benzene rings is 4. The topological polar surface area (TPSA) is 253 Å². The number of amidine groups is 3. The van der Waals surface area contributed by atoms with E-state index in [4.69, 9.17) is 163 Å². The number of aliphatic hydroxyl groups is 4. The molecular formula is C56H70Cl13N15O5S. The van der Waals surface area contributed by atoms with Crippen LogP contribution in [0.25, 0.3) is 22.1 Å². The number of aryl methyl sites for hydroxylation is 1. The zero-order valence-electron chi connectivity index (χ0n) is 49.4. The lowest BCUT2D eigenvalue weighted by molar-refractivity contribution is 0.217. The van der Waals surface area contributed by atoms with Crippen molar-refractivity contribution in [3.8, 4) is 0 Å². The van der Waals surface area contributed by atoms with Crippen molar-refractivity contribution in [3.05, 3.63) is 114 Å². The van der Waals surface area contributed by atoms with Crippen LogP contribution < -0.4 is 20.9 Å². The highest BCUT2D eigenvalue weighted by atomic mass is 36.0. The minimum absolute atomic E-state index is 0.0972. The molecule has 0 aliphatic carbocycles. The molecular weight excluding hydrogens is 1460 g/mol. The molecule has 2 aromatic heterocycles. The summed E-state index contributed by atoms with van der Waals surface area (Å²) in [5.41, 5.74) is 12.2. The Morgan fingerprint density at radius 3 is 1.40 bits per heavy atom. The first-order chi connectivity index (χ1) is 42.9. The highest BCUT2D eigenvalue weighted by Gasteiger charge is 2.34. The number of nitrogens with two attached hydrogens (primary N) is 1. The Balaban J connectivity index is 0.000000281. The number of halogens is 13. The van der Waals surface area contributed by atoms with Gasteiger partial charge in [0.1, 0.15) is 0 Å². The maximum atomic E-state index is 9.09. The number of nitrogens with zero attached hydrogens (tertiary/aromatic N) is 13. The van der Waals surface area contributed by atoms with Gasteiger partial charge in [-0.3, -0.25) is 9.98 Å². The molecule has 8 heterocycles. The molecule has 496 valence electrons. The minimum atomic E-state index is -1.67. The number of anilines is 2. The lowest BCUT2D eigenvalue weighted by atomic mass is 10.2. The molecule has 0 bridgehead atoms. The fourth-order valence-electron chi connectivity index (χ4n) is 8.11. The van der Waals surface area contributed by atoms with Crippen LogP contribution in [0.1, 0.15) is 26.0 Å². The third-order valence-corrected chi connectivity index (χ3v) is 14.1. The second-order valence-corrected chi connectivity index (χ2v) is 26.3. The van der Waals surface area contributed by atoms with Crippen LogP contribution in [0.4, 0.5) is 22.7 Å². The molecule has 7 N–H and O–H groups in total. The molecule has 6 aliphatic heterocycles. The number of rotatable bonds is 4. The van der Waals surface area contributed by atoms with Crippen molar-refractivity contribution in [2.45, 2.75) is 31.0 Å². The third kappa shape index (κ3) is 29.1. The fourth-order valence-corrected chi connectivity index (χ4v) is 9.52. The highest BCUT2D eigenvalue weighted by molar-refractivity contribution is 8.26. The first-order valence-electron chi connectivity index (χ1n) is 27.5. The number of aliphatic imine (C=N–C) groups is 4. The Bertz CT molecular complexity index is 3300. The Labute approximate surface area is 591 Å². The van der Waals surface area contributed by atoms with E-state index in [9.17, 15) is 0 Å². The van der Waals surface area contributed by atoms with Crippen LogP contribution in [-0.2, 0) is 15.6 Å². The average Bonchev–Trinajstić information content (AvgIpc) is 1.51. The number of hydrogen-bond donors (Lipinski definition) is 6. The number of nitrogens with one attached hydrogen (secondary N) is 1. The number of aliphatic hydroxyl groups excluding tert-OH is 4. The van der Waals surface area contributed by atoms with Crippen LogP contribution in [0.15, 0.2) is 92.8 Å². The van der Waals surface area contributed by atoms with Gasteiger partial charge in [-0.25, -0.2) is 34.1 Å². The summed E-state index contributed by atoms with van der Waals surface area (Å²) < 4.78 is 8.34. The second-order valence-electron chi connectivity index (χ2n) is 18.6. The Morgan fingerprint density at radius 1 is 0.544 bits per heavy atom. The van der Waals surface area contributed by atoms with Gasteiger partial charge in [0.05, 0.1) is 70.2 Å². The molecule has 0 amide bonds. The summed E-state index contributed by atoms with van der Waals surface area (Å²) in [6, 6.07) is 21.9. The number of hydrogen-bond acceptors (Lipinski definition) is 20. The SMILES string of the molecule is CCO.CCO.CN1CCN(C2=Nc3ccc(Cl)cc3N3CCN=C23)CC1.CN1CCNCC1.ClC(Cl)Cl.ClC1=Nc2ccc(Cl)cc2N2CCN=C12.Clc1ccc2nc(Cl)c(Cl)nc2c1.NCCO.O=S(Cl)Cl.OCCCc1nc2cc(Cl)ccc2nc1Cl. The fraction of sp³-hybridized carbons (Fsp3) is 0.429. The molecule has 0 unspecified atom stereocenters. The summed E-state index contributed by atoms with van der Waals surface area (Å²) in [5, 5.41) is 38.8. The van der Waals surface area contributed by atoms with Gasteiger partial charge in [-0.15, -0.1) is 0 Å². The summed E-state index contributed by atoms with van der Waals surface area (Å²) >= 11 is 61.6. The van der Waals surface area contributed by atoms with E-state index in [2.05, 4.69) is 100 Å². The Hall–Kier alpha value is -2.76. The molecule has 12 rings (SSSR count). The van der Waals surface area contributed by atoms with Crippen molar-refractivity contribution in [2.75, 3.05) is 135 Å². The lowest BCUT2D eigenvalue weighted by Crippen LogP contribution is -2.52. The Morgan fingerprint density at radius 2 is 0.944 bits per heavy atom. The van der Waals surface area contributed by atoms with Crippen molar-refractivity contribution >= 4 is 226 Å². The zero-order chi connectivity index (χ0) is 66.9. The highest BCUT2D eigenvalue weighted by Crippen LogP contribution is 2.38.